The fourth-order valence-corrected chi connectivity index (χ4v) is 4.00. The predicted molar refractivity (Wildman–Crippen MR) is 127 cm³/mol. The van der Waals surface area contributed by atoms with Gasteiger partial charge >= 0.3 is 5.97 Å². The molecule has 3 rings (SSSR count). The first kappa shape index (κ1) is 24.6. The van der Waals surface area contributed by atoms with Crippen molar-refractivity contribution < 1.29 is 19.4 Å². The topological polar surface area (TPSA) is 86.5 Å². The van der Waals surface area contributed by atoms with E-state index in [1.54, 1.807) is 20.3 Å². The van der Waals surface area contributed by atoms with Gasteiger partial charge in [-0.15, -0.1) is 5.10 Å². The van der Waals surface area contributed by atoms with E-state index in [2.05, 4.69) is 13.8 Å². The summed E-state index contributed by atoms with van der Waals surface area (Å²) in [5.74, 6) is -0.614. The van der Waals surface area contributed by atoms with E-state index < -0.39 is 11.8 Å². The Bertz CT molecular complexity index is 1060. The molecule has 0 radical (unpaired) electrons. The molecule has 0 bridgehead atoms. The van der Waals surface area contributed by atoms with Gasteiger partial charge in [0.05, 0.1) is 12.1 Å². The molecule has 2 aromatic carbocycles. The van der Waals surface area contributed by atoms with Crippen molar-refractivity contribution in [2.45, 2.75) is 58.3 Å². The van der Waals surface area contributed by atoms with E-state index in [4.69, 9.17) is 19.6 Å². The van der Waals surface area contributed by atoms with Crippen LogP contribution in [0.5, 0.6) is 0 Å². The first-order chi connectivity index (χ1) is 16.0. The number of carboxylic acid groups (broad SMARTS) is 1. The van der Waals surface area contributed by atoms with Crippen molar-refractivity contribution in [3.05, 3.63) is 71.3 Å². The number of unbranched alkanes of at least 4 members (excludes halogenated alkanes) is 1. The highest BCUT2D eigenvalue weighted by Gasteiger charge is 2.36. The van der Waals surface area contributed by atoms with Crippen molar-refractivity contribution in [2.75, 3.05) is 14.2 Å². The van der Waals surface area contributed by atoms with Crippen LogP contribution in [-0.2, 0) is 28.2 Å². The minimum atomic E-state index is -0.996. The van der Waals surface area contributed by atoms with Crippen LogP contribution in [0, 0.1) is 0 Å². The number of aromatic carboxylic acids is 1. The number of rotatable bonds is 12. The average molecular weight is 452 g/mol. The summed E-state index contributed by atoms with van der Waals surface area (Å²) < 4.78 is 13.3. The Morgan fingerprint density at radius 2 is 1.79 bits per heavy atom. The summed E-state index contributed by atoms with van der Waals surface area (Å²) in [6.45, 7) is 4.61. The SMILES string of the molecule is CCCCc1nc(C(CCC)(OC)OC)nn1Cc1ccc(-c2ccccc2)c(C(=O)O)c1. The smallest absolute Gasteiger partial charge is 0.336 e. The molecular weight excluding hydrogens is 418 g/mol. The monoisotopic (exact) mass is 451 g/mol. The molecule has 1 N–H and O–H groups in total. The summed E-state index contributed by atoms with van der Waals surface area (Å²) in [6.07, 6.45) is 4.26. The number of methoxy groups -OCH3 is 2. The molecule has 1 aromatic heterocycles. The van der Waals surface area contributed by atoms with Crippen molar-refractivity contribution >= 4 is 5.97 Å². The van der Waals surface area contributed by atoms with Crippen LogP contribution in [0.3, 0.4) is 0 Å². The number of aryl methyl sites for hydroxylation is 1. The second kappa shape index (κ2) is 11.2. The lowest BCUT2D eigenvalue weighted by atomic mass is 9.97. The standard InChI is InChI=1S/C26H33N3O4/c1-5-7-13-23-27-25(26(32-3,33-4)16-6-2)28-29(23)18-19-14-15-21(22(17-19)24(30)31)20-11-9-8-10-12-20/h8-12,14-15,17H,5-7,13,16,18H2,1-4H3,(H,30,31). The van der Waals surface area contributed by atoms with Gasteiger partial charge in [-0.05, 0) is 29.2 Å². The van der Waals surface area contributed by atoms with Gasteiger partial charge in [-0.2, -0.15) is 0 Å². The molecule has 0 aliphatic heterocycles. The molecular formula is C26H33N3O4. The van der Waals surface area contributed by atoms with E-state index in [0.29, 0.717) is 24.4 Å². The molecule has 0 atom stereocenters. The molecule has 0 saturated carbocycles. The van der Waals surface area contributed by atoms with Gasteiger partial charge in [0.1, 0.15) is 5.82 Å². The third-order valence-electron chi connectivity index (χ3n) is 5.81. The number of carboxylic acids is 1. The molecule has 0 fully saturated rings. The van der Waals surface area contributed by atoms with Gasteiger partial charge in [0.15, 0.2) is 0 Å². The third kappa shape index (κ3) is 5.49. The maximum Gasteiger partial charge on any atom is 0.336 e. The minimum absolute atomic E-state index is 0.267. The number of hydrogen-bond acceptors (Lipinski definition) is 5. The lowest BCUT2D eigenvalue weighted by molar-refractivity contribution is -0.225. The summed E-state index contributed by atoms with van der Waals surface area (Å²) in [6, 6.07) is 15.1. The fraction of sp³-hybridized carbons (Fsp3) is 0.423. The van der Waals surface area contributed by atoms with E-state index >= 15 is 0 Å². The minimum Gasteiger partial charge on any atom is -0.478 e. The molecule has 7 nitrogen and oxygen atoms in total. The Hall–Kier alpha value is -3.03. The largest absolute Gasteiger partial charge is 0.478 e. The molecule has 176 valence electrons. The first-order valence-electron chi connectivity index (χ1n) is 11.4. The number of nitrogens with zero attached hydrogens (tertiary/aromatic N) is 3. The van der Waals surface area contributed by atoms with E-state index in [1.165, 1.54) is 0 Å². The molecule has 0 unspecified atom stereocenters. The Morgan fingerprint density at radius 1 is 1.06 bits per heavy atom. The van der Waals surface area contributed by atoms with Crippen LogP contribution >= 0.6 is 0 Å². The maximum atomic E-state index is 12.0. The number of carbonyl (C=O) groups is 1. The lowest BCUT2D eigenvalue weighted by Crippen LogP contribution is -2.32. The van der Waals surface area contributed by atoms with E-state index in [0.717, 1.165) is 42.6 Å². The molecule has 1 heterocycles. The molecule has 0 spiro atoms. The zero-order valence-corrected chi connectivity index (χ0v) is 19.9. The van der Waals surface area contributed by atoms with Gasteiger partial charge in [-0.25, -0.2) is 14.5 Å². The van der Waals surface area contributed by atoms with Crippen LogP contribution in [0.1, 0.15) is 67.1 Å². The van der Waals surface area contributed by atoms with Crippen molar-refractivity contribution in [3.63, 3.8) is 0 Å². The quantitative estimate of drug-likeness (QED) is 0.377. The van der Waals surface area contributed by atoms with Crippen LogP contribution in [-0.4, -0.2) is 40.1 Å². The first-order valence-corrected chi connectivity index (χ1v) is 11.4. The van der Waals surface area contributed by atoms with Crippen LogP contribution in [0.15, 0.2) is 48.5 Å². The van der Waals surface area contributed by atoms with Crippen LogP contribution < -0.4 is 0 Å². The maximum absolute atomic E-state index is 12.0. The number of benzene rings is 2. The summed E-state index contributed by atoms with van der Waals surface area (Å²) >= 11 is 0. The summed E-state index contributed by atoms with van der Waals surface area (Å²) in [4.78, 5) is 16.8. The van der Waals surface area contributed by atoms with Crippen molar-refractivity contribution in [1.29, 1.82) is 0 Å². The summed E-state index contributed by atoms with van der Waals surface area (Å²) in [5.41, 5.74) is 2.68. The van der Waals surface area contributed by atoms with Crippen LogP contribution in [0.4, 0.5) is 0 Å². The summed E-state index contributed by atoms with van der Waals surface area (Å²) in [5, 5.41) is 14.6. The highest BCUT2D eigenvalue weighted by Crippen LogP contribution is 2.30. The Kier molecular flexibility index (Phi) is 8.36. The zero-order chi connectivity index (χ0) is 23.8. The van der Waals surface area contributed by atoms with Gasteiger partial charge in [0.2, 0.25) is 11.6 Å². The van der Waals surface area contributed by atoms with Crippen molar-refractivity contribution in [3.8, 4) is 11.1 Å². The third-order valence-corrected chi connectivity index (χ3v) is 5.81. The van der Waals surface area contributed by atoms with E-state index in [9.17, 15) is 9.90 Å². The van der Waals surface area contributed by atoms with Crippen molar-refractivity contribution in [2.24, 2.45) is 0 Å². The normalized spacial score (nSPS) is 11.6. The van der Waals surface area contributed by atoms with Gasteiger partial charge < -0.3 is 14.6 Å². The molecule has 0 aliphatic carbocycles. The molecule has 3 aromatic rings. The Balaban J connectivity index is 2.00. The number of ether oxygens (including phenoxy) is 2. The van der Waals surface area contributed by atoms with Gasteiger partial charge in [-0.3, -0.25) is 0 Å². The van der Waals surface area contributed by atoms with Crippen LogP contribution in [0.25, 0.3) is 11.1 Å². The highest BCUT2D eigenvalue weighted by molar-refractivity contribution is 5.96. The fourth-order valence-electron chi connectivity index (χ4n) is 4.00. The number of hydrogen-bond donors (Lipinski definition) is 1. The highest BCUT2D eigenvalue weighted by atomic mass is 16.7. The van der Waals surface area contributed by atoms with E-state index in [1.807, 2.05) is 47.1 Å². The van der Waals surface area contributed by atoms with Gasteiger partial charge in [0, 0.05) is 27.1 Å². The Morgan fingerprint density at radius 3 is 2.39 bits per heavy atom. The molecule has 7 heteroatoms. The zero-order valence-electron chi connectivity index (χ0n) is 19.9. The lowest BCUT2D eigenvalue weighted by Gasteiger charge is -2.27. The molecule has 0 aliphatic rings. The van der Waals surface area contributed by atoms with Crippen LogP contribution in [0.2, 0.25) is 0 Å². The predicted octanol–water partition coefficient (Wildman–Crippen LogP) is 5.28. The van der Waals surface area contributed by atoms with E-state index in [-0.39, 0.29) is 5.56 Å². The average Bonchev–Trinajstić information content (AvgIpc) is 3.24. The van der Waals surface area contributed by atoms with Crippen molar-refractivity contribution in [1.82, 2.24) is 14.8 Å². The molecule has 0 saturated heterocycles. The second-order valence-corrected chi connectivity index (χ2v) is 8.08. The molecule has 33 heavy (non-hydrogen) atoms. The summed E-state index contributed by atoms with van der Waals surface area (Å²) in [7, 11) is 3.21. The molecule has 0 amide bonds. The number of aromatic nitrogens is 3. The van der Waals surface area contributed by atoms with Gasteiger partial charge in [-0.1, -0.05) is 69.2 Å². The van der Waals surface area contributed by atoms with Gasteiger partial charge in [0.25, 0.3) is 0 Å². The Labute approximate surface area is 195 Å². The second-order valence-electron chi connectivity index (χ2n) is 8.08.